The van der Waals surface area contributed by atoms with Crippen LogP contribution in [-0.4, -0.2) is 42.5 Å². The normalized spacial score (nSPS) is 13.9. The molecule has 0 aliphatic heterocycles. The van der Waals surface area contributed by atoms with E-state index in [1.54, 1.807) is 6.92 Å². The quantitative estimate of drug-likeness (QED) is 0.804. The summed E-state index contributed by atoms with van der Waals surface area (Å²) in [6, 6.07) is 1.91. The van der Waals surface area contributed by atoms with E-state index in [0.29, 0.717) is 12.6 Å². The Morgan fingerprint density at radius 3 is 2.50 bits per heavy atom. The van der Waals surface area contributed by atoms with Gasteiger partial charge in [0.05, 0.1) is 11.8 Å². The second kappa shape index (κ2) is 7.10. The molecule has 2 N–H and O–H groups in total. The molecule has 0 aliphatic carbocycles. The standard InChI is InChI=1S/C15H16F3N5O3/c1-3-6-14(2,13(25)26)20-12(24)10-8-23(22-21-10)11-5-4-9(7-19-11)15(16,17)18/h4-5,7-8H,3,6H2,1-2H3,(H,20,24)(H,25,26). The summed E-state index contributed by atoms with van der Waals surface area (Å²) in [6.07, 6.45) is -1.98. The first kappa shape index (κ1) is 19.3. The van der Waals surface area contributed by atoms with Crippen molar-refractivity contribution in [2.45, 2.75) is 38.4 Å². The van der Waals surface area contributed by atoms with E-state index in [9.17, 15) is 27.9 Å². The molecular weight excluding hydrogens is 355 g/mol. The lowest BCUT2D eigenvalue weighted by Crippen LogP contribution is -2.52. The van der Waals surface area contributed by atoms with E-state index in [1.165, 1.54) is 6.92 Å². The van der Waals surface area contributed by atoms with E-state index < -0.39 is 29.2 Å². The number of rotatable bonds is 6. The average Bonchev–Trinajstić information content (AvgIpc) is 3.04. The Labute approximate surface area is 146 Å². The van der Waals surface area contributed by atoms with Gasteiger partial charge in [-0.05, 0) is 25.5 Å². The van der Waals surface area contributed by atoms with E-state index >= 15 is 0 Å². The van der Waals surface area contributed by atoms with Crippen LogP contribution in [0.4, 0.5) is 13.2 Å². The summed E-state index contributed by atoms with van der Waals surface area (Å²) in [6.45, 7) is 3.15. The van der Waals surface area contributed by atoms with Crippen LogP contribution in [-0.2, 0) is 11.0 Å². The van der Waals surface area contributed by atoms with Crippen molar-refractivity contribution in [2.75, 3.05) is 0 Å². The van der Waals surface area contributed by atoms with Gasteiger partial charge in [0.1, 0.15) is 5.54 Å². The number of pyridine rings is 1. The first-order chi connectivity index (χ1) is 12.1. The van der Waals surface area contributed by atoms with Crippen LogP contribution in [0.15, 0.2) is 24.5 Å². The molecule has 11 heteroatoms. The van der Waals surface area contributed by atoms with E-state index in [2.05, 4.69) is 20.6 Å². The zero-order valence-corrected chi connectivity index (χ0v) is 13.9. The second-order valence-electron chi connectivity index (χ2n) is 5.79. The minimum atomic E-state index is -4.51. The Balaban J connectivity index is 2.19. The third-order valence-corrected chi connectivity index (χ3v) is 3.65. The van der Waals surface area contributed by atoms with Gasteiger partial charge in [-0.3, -0.25) is 4.79 Å². The maximum atomic E-state index is 12.5. The molecule has 2 aromatic rings. The number of hydrogen-bond acceptors (Lipinski definition) is 5. The van der Waals surface area contributed by atoms with Crippen LogP contribution in [0.3, 0.4) is 0 Å². The molecule has 26 heavy (non-hydrogen) atoms. The van der Waals surface area contributed by atoms with Gasteiger partial charge >= 0.3 is 12.1 Å². The number of carbonyl (C=O) groups excluding carboxylic acids is 1. The fourth-order valence-corrected chi connectivity index (χ4v) is 2.21. The second-order valence-corrected chi connectivity index (χ2v) is 5.79. The predicted octanol–water partition coefficient (Wildman–Crippen LogP) is 2.05. The minimum Gasteiger partial charge on any atom is -0.480 e. The molecule has 2 aromatic heterocycles. The van der Waals surface area contributed by atoms with Crippen LogP contribution in [0.25, 0.3) is 5.82 Å². The highest BCUT2D eigenvalue weighted by Gasteiger charge is 2.35. The van der Waals surface area contributed by atoms with Gasteiger partial charge in [-0.2, -0.15) is 13.2 Å². The molecule has 0 fully saturated rings. The largest absolute Gasteiger partial charge is 0.480 e. The maximum absolute atomic E-state index is 12.5. The smallest absolute Gasteiger partial charge is 0.417 e. The van der Waals surface area contributed by atoms with Crippen molar-refractivity contribution < 1.29 is 27.9 Å². The number of hydrogen-bond donors (Lipinski definition) is 2. The number of carboxylic acids is 1. The van der Waals surface area contributed by atoms with Crippen LogP contribution in [0.5, 0.6) is 0 Å². The Hall–Kier alpha value is -2.98. The highest BCUT2D eigenvalue weighted by molar-refractivity contribution is 5.96. The van der Waals surface area contributed by atoms with Crippen molar-refractivity contribution in [3.63, 3.8) is 0 Å². The van der Waals surface area contributed by atoms with Crippen molar-refractivity contribution in [1.82, 2.24) is 25.3 Å². The maximum Gasteiger partial charge on any atom is 0.417 e. The predicted molar refractivity (Wildman–Crippen MR) is 82.6 cm³/mol. The average molecular weight is 371 g/mol. The number of amides is 1. The van der Waals surface area contributed by atoms with Crippen molar-refractivity contribution in [1.29, 1.82) is 0 Å². The summed E-state index contributed by atoms with van der Waals surface area (Å²) >= 11 is 0. The van der Waals surface area contributed by atoms with Gasteiger partial charge in [-0.1, -0.05) is 18.6 Å². The van der Waals surface area contributed by atoms with Crippen molar-refractivity contribution in [3.8, 4) is 5.82 Å². The molecule has 0 saturated heterocycles. The zero-order valence-electron chi connectivity index (χ0n) is 13.9. The summed E-state index contributed by atoms with van der Waals surface area (Å²) in [5, 5.41) is 18.9. The lowest BCUT2D eigenvalue weighted by atomic mass is 9.96. The van der Waals surface area contributed by atoms with E-state index in [1.807, 2.05) is 0 Å². The number of aliphatic carboxylic acids is 1. The molecule has 0 spiro atoms. The number of alkyl halides is 3. The summed E-state index contributed by atoms with van der Waals surface area (Å²) < 4.78 is 38.6. The number of nitrogens with zero attached hydrogens (tertiary/aromatic N) is 4. The van der Waals surface area contributed by atoms with Crippen molar-refractivity contribution in [2.24, 2.45) is 0 Å². The third-order valence-electron chi connectivity index (χ3n) is 3.65. The van der Waals surface area contributed by atoms with Crippen molar-refractivity contribution in [3.05, 3.63) is 35.8 Å². The van der Waals surface area contributed by atoms with Crippen molar-refractivity contribution >= 4 is 11.9 Å². The van der Waals surface area contributed by atoms with Gasteiger partial charge in [0, 0.05) is 6.20 Å². The first-order valence-electron chi connectivity index (χ1n) is 7.58. The summed E-state index contributed by atoms with van der Waals surface area (Å²) in [4.78, 5) is 27.2. The molecule has 1 unspecified atom stereocenters. The lowest BCUT2D eigenvalue weighted by molar-refractivity contribution is -0.144. The van der Waals surface area contributed by atoms with Crippen LogP contribution in [0, 0.1) is 0 Å². The summed E-state index contributed by atoms with van der Waals surface area (Å²) in [5.74, 6) is -1.93. The molecule has 0 bridgehead atoms. The van der Waals surface area contributed by atoms with Gasteiger partial charge in [0.15, 0.2) is 11.5 Å². The zero-order chi connectivity index (χ0) is 19.5. The van der Waals surface area contributed by atoms with Crippen LogP contribution >= 0.6 is 0 Å². The molecule has 2 rings (SSSR count). The van der Waals surface area contributed by atoms with Crippen LogP contribution in [0.2, 0.25) is 0 Å². The minimum absolute atomic E-state index is 0.0269. The molecular formula is C15H16F3N5O3. The van der Waals surface area contributed by atoms with Crippen LogP contribution < -0.4 is 5.32 Å². The van der Waals surface area contributed by atoms with Gasteiger partial charge in [0.25, 0.3) is 5.91 Å². The topological polar surface area (TPSA) is 110 Å². The van der Waals surface area contributed by atoms with E-state index in [-0.39, 0.29) is 17.9 Å². The fourth-order valence-electron chi connectivity index (χ4n) is 2.21. The lowest BCUT2D eigenvalue weighted by Gasteiger charge is -2.25. The van der Waals surface area contributed by atoms with Gasteiger partial charge < -0.3 is 10.4 Å². The number of carbonyl (C=O) groups is 2. The molecule has 1 atom stereocenters. The number of aromatic nitrogens is 4. The molecule has 0 aliphatic rings. The number of carboxylic acid groups (broad SMARTS) is 1. The molecule has 140 valence electrons. The van der Waals surface area contributed by atoms with Gasteiger partial charge in [0.2, 0.25) is 0 Å². The molecule has 0 radical (unpaired) electrons. The monoisotopic (exact) mass is 371 g/mol. The SMILES string of the molecule is CCCC(C)(NC(=O)c1cn(-c2ccc(C(F)(F)F)cn2)nn1)C(=O)O. The Morgan fingerprint density at radius 1 is 1.31 bits per heavy atom. The Kier molecular flexibility index (Phi) is 5.28. The fraction of sp³-hybridized carbons (Fsp3) is 0.400. The summed E-state index contributed by atoms with van der Waals surface area (Å²) in [7, 11) is 0. The van der Waals surface area contributed by atoms with E-state index in [0.717, 1.165) is 23.0 Å². The molecule has 0 saturated carbocycles. The van der Waals surface area contributed by atoms with E-state index in [4.69, 9.17) is 0 Å². The molecule has 1 amide bonds. The molecule has 2 heterocycles. The van der Waals surface area contributed by atoms with Gasteiger partial charge in [-0.25, -0.2) is 14.5 Å². The summed E-state index contributed by atoms with van der Waals surface area (Å²) in [5.41, 5.74) is -2.58. The first-order valence-corrected chi connectivity index (χ1v) is 7.58. The highest BCUT2D eigenvalue weighted by atomic mass is 19.4. The molecule has 0 aromatic carbocycles. The third kappa shape index (κ3) is 4.16. The Morgan fingerprint density at radius 2 is 2.00 bits per heavy atom. The van der Waals surface area contributed by atoms with Crippen LogP contribution in [0.1, 0.15) is 42.7 Å². The highest BCUT2D eigenvalue weighted by Crippen LogP contribution is 2.28. The number of nitrogens with one attached hydrogen (secondary N) is 1. The molecule has 8 nitrogen and oxygen atoms in total. The number of halogens is 3. The van der Waals surface area contributed by atoms with Gasteiger partial charge in [-0.15, -0.1) is 5.10 Å². The Bertz CT molecular complexity index is 804.